The first-order chi connectivity index (χ1) is 13.9. The monoisotopic (exact) mass is 408 g/mol. The molecular weight excluding hydrogens is 388 g/mol. The topological polar surface area (TPSA) is 79.3 Å². The number of halogens is 1. The molecule has 0 unspecified atom stereocenters. The molecule has 29 heavy (non-hydrogen) atoms. The predicted octanol–water partition coefficient (Wildman–Crippen LogP) is 3.85. The fourth-order valence-corrected chi connectivity index (χ4v) is 3.35. The fourth-order valence-electron chi connectivity index (χ4n) is 3.24. The first kappa shape index (κ1) is 20.6. The van der Waals surface area contributed by atoms with Gasteiger partial charge in [0.05, 0.1) is 5.41 Å². The van der Waals surface area contributed by atoms with Crippen molar-refractivity contribution in [3.8, 4) is 0 Å². The Morgan fingerprint density at radius 3 is 2.00 bits per heavy atom. The number of hydrogen-bond donors (Lipinski definition) is 2. The number of carbonyl (C=O) groups is 2. The van der Waals surface area contributed by atoms with Gasteiger partial charge in [-0.3, -0.25) is 4.79 Å². The van der Waals surface area contributed by atoms with E-state index < -0.39 is 17.4 Å². The van der Waals surface area contributed by atoms with Gasteiger partial charge in [0.15, 0.2) is 0 Å². The van der Waals surface area contributed by atoms with Gasteiger partial charge in [-0.2, -0.15) is 0 Å². The van der Waals surface area contributed by atoms with Gasteiger partial charge < -0.3 is 10.4 Å². The van der Waals surface area contributed by atoms with Gasteiger partial charge in [0.1, 0.15) is 11.2 Å². The number of carbonyl (C=O) groups excluding carboxylic acids is 1. The Labute approximate surface area is 174 Å². The Hall–Kier alpha value is -3.18. The number of carboxylic acids is 1. The lowest BCUT2D eigenvalue weighted by Crippen LogP contribution is -2.50. The largest absolute Gasteiger partial charge is 0.480 e. The minimum absolute atomic E-state index is 0.102. The number of rotatable bonds is 7. The molecule has 0 aliphatic carbocycles. The van der Waals surface area contributed by atoms with Crippen molar-refractivity contribution in [2.24, 2.45) is 0 Å². The summed E-state index contributed by atoms with van der Waals surface area (Å²) < 4.78 is 0. The van der Waals surface area contributed by atoms with E-state index >= 15 is 0 Å². The second-order valence-electron chi connectivity index (χ2n) is 6.91. The zero-order valence-corrected chi connectivity index (χ0v) is 16.6. The molecule has 0 aliphatic heterocycles. The number of aliphatic carboxylic acids is 1. The number of benzene rings is 2. The molecule has 0 aliphatic rings. The molecular formula is C23H21ClN2O3. The summed E-state index contributed by atoms with van der Waals surface area (Å²) in [4.78, 5) is 29.2. The molecule has 3 aromatic rings. The maximum Gasteiger partial charge on any atom is 0.326 e. The Bertz CT molecular complexity index is 937. The molecule has 1 amide bonds. The van der Waals surface area contributed by atoms with Crippen molar-refractivity contribution in [1.29, 1.82) is 0 Å². The quantitative estimate of drug-likeness (QED) is 0.582. The molecule has 0 saturated carbocycles. The Balaban J connectivity index is 1.92. The van der Waals surface area contributed by atoms with Crippen LogP contribution in [-0.2, 0) is 21.4 Å². The normalized spacial score (nSPS) is 12.2. The summed E-state index contributed by atoms with van der Waals surface area (Å²) in [6.45, 7) is 1.80. The third-order valence-corrected chi connectivity index (χ3v) is 5.21. The van der Waals surface area contributed by atoms with Gasteiger partial charge >= 0.3 is 5.97 Å². The molecule has 1 atom stereocenters. The molecule has 0 saturated heterocycles. The summed E-state index contributed by atoms with van der Waals surface area (Å²) in [6.07, 6.45) is 1.61. The van der Waals surface area contributed by atoms with E-state index in [0.29, 0.717) is 10.7 Å². The van der Waals surface area contributed by atoms with Gasteiger partial charge in [0.2, 0.25) is 5.91 Å². The van der Waals surface area contributed by atoms with E-state index in [1.54, 1.807) is 19.1 Å². The van der Waals surface area contributed by atoms with Crippen molar-refractivity contribution in [3.05, 3.63) is 101 Å². The van der Waals surface area contributed by atoms with Gasteiger partial charge in [0.25, 0.3) is 0 Å². The number of aromatic nitrogens is 1. The number of hydrogen-bond acceptors (Lipinski definition) is 3. The second-order valence-corrected chi connectivity index (χ2v) is 7.30. The van der Waals surface area contributed by atoms with Crippen LogP contribution in [0.3, 0.4) is 0 Å². The molecule has 5 nitrogen and oxygen atoms in total. The number of nitrogens with one attached hydrogen (secondary N) is 1. The molecule has 0 fully saturated rings. The van der Waals surface area contributed by atoms with Crippen LogP contribution in [0.4, 0.5) is 0 Å². The van der Waals surface area contributed by atoms with E-state index in [0.717, 1.165) is 11.1 Å². The van der Waals surface area contributed by atoms with E-state index in [4.69, 9.17) is 11.6 Å². The molecule has 0 bridgehead atoms. The highest BCUT2D eigenvalue weighted by atomic mass is 35.5. The van der Waals surface area contributed by atoms with Crippen LogP contribution >= 0.6 is 11.6 Å². The molecule has 1 heterocycles. The van der Waals surface area contributed by atoms with Crippen molar-refractivity contribution in [2.75, 3.05) is 0 Å². The smallest absolute Gasteiger partial charge is 0.326 e. The van der Waals surface area contributed by atoms with Crippen LogP contribution in [0.15, 0.2) is 79.0 Å². The van der Waals surface area contributed by atoms with Crippen molar-refractivity contribution in [1.82, 2.24) is 10.3 Å². The van der Waals surface area contributed by atoms with Crippen molar-refractivity contribution >= 4 is 23.5 Å². The maximum atomic E-state index is 13.4. The molecule has 148 valence electrons. The first-order valence-corrected chi connectivity index (χ1v) is 9.54. The number of carboxylic acid groups (broad SMARTS) is 1. The maximum absolute atomic E-state index is 13.4. The van der Waals surface area contributed by atoms with E-state index in [9.17, 15) is 14.7 Å². The lowest BCUT2D eigenvalue weighted by molar-refractivity contribution is -0.142. The van der Waals surface area contributed by atoms with E-state index in [-0.39, 0.29) is 12.3 Å². The third kappa shape index (κ3) is 4.63. The molecule has 1 aromatic heterocycles. The first-order valence-electron chi connectivity index (χ1n) is 9.16. The lowest BCUT2D eigenvalue weighted by atomic mass is 9.75. The Morgan fingerprint density at radius 2 is 1.55 bits per heavy atom. The molecule has 6 heteroatoms. The van der Waals surface area contributed by atoms with Crippen molar-refractivity contribution in [2.45, 2.75) is 24.8 Å². The van der Waals surface area contributed by atoms with Crippen molar-refractivity contribution in [3.63, 3.8) is 0 Å². The van der Waals surface area contributed by atoms with Crippen LogP contribution in [-0.4, -0.2) is 28.0 Å². The third-order valence-electron chi connectivity index (χ3n) is 4.99. The lowest BCUT2D eigenvalue weighted by Gasteiger charge is -2.31. The molecule has 2 aromatic carbocycles. The SMILES string of the molecule is CC(C(=O)N[C@H](Cc1ccc(Cl)nc1)C(=O)O)(c1ccccc1)c1ccccc1. The second kappa shape index (κ2) is 8.88. The van der Waals surface area contributed by atoms with Gasteiger partial charge in [-0.25, -0.2) is 9.78 Å². The van der Waals surface area contributed by atoms with Crippen LogP contribution in [0, 0.1) is 0 Å². The fraction of sp³-hybridized carbons (Fsp3) is 0.174. The average Bonchev–Trinajstić information content (AvgIpc) is 2.75. The van der Waals surface area contributed by atoms with Crippen LogP contribution < -0.4 is 5.32 Å². The zero-order valence-electron chi connectivity index (χ0n) is 15.9. The standard InChI is InChI=1S/C23H21ClN2O3/c1-23(17-8-4-2-5-9-17,18-10-6-3-7-11-18)22(29)26-19(21(27)28)14-16-12-13-20(24)25-15-16/h2-13,15,19H,14H2,1H3,(H,26,29)(H,27,28)/t19-/m1/s1. The zero-order chi connectivity index (χ0) is 20.9. The van der Waals surface area contributed by atoms with E-state index in [1.807, 2.05) is 60.7 Å². The number of nitrogens with zero attached hydrogens (tertiary/aromatic N) is 1. The highest BCUT2D eigenvalue weighted by Crippen LogP contribution is 2.32. The minimum atomic E-state index is -1.11. The predicted molar refractivity (Wildman–Crippen MR) is 112 cm³/mol. The summed E-state index contributed by atoms with van der Waals surface area (Å²) in [5.74, 6) is -1.50. The van der Waals surface area contributed by atoms with Crippen LogP contribution in [0.5, 0.6) is 0 Å². The van der Waals surface area contributed by atoms with E-state index in [1.165, 1.54) is 6.20 Å². The van der Waals surface area contributed by atoms with Crippen LogP contribution in [0.1, 0.15) is 23.6 Å². The molecule has 2 N–H and O–H groups in total. The van der Waals surface area contributed by atoms with Gasteiger partial charge in [0, 0.05) is 12.6 Å². The average molecular weight is 409 g/mol. The van der Waals surface area contributed by atoms with Gasteiger partial charge in [-0.15, -0.1) is 0 Å². The summed E-state index contributed by atoms with van der Waals surface area (Å²) in [5, 5.41) is 12.7. The van der Waals surface area contributed by atoms with Crippen LogP contribution in [0.25, 0.3) is 0 Å². The Kier molecular flexibility index (Phi) is 6.29. The molecule has 3 rings (SSSR count). The summed E-state index contributed by atoms with van der Waals surface area (Å²) >= 11 is 5.79. The summed E-state index contributed by atoms with van der Waals surface area (Å²) in [7, 11) is 0. The van der Waals surface area contributed by atoms with Gasteiger partial charge in [-0.05, 0) is 29.7 Å². The highest BCUT2D eigenvalue weighted by molar-refractivity contribution is 6.29. The molecule has 0 radical (unpaired) electrons. The summed E-state index contributed by atoms with van der Waals surface area (Å²) in [5.41, 5.74) is 1.18. The Morgan fingerprint density at radius 1 is 1.00 bits per heavy atom. The molecule has 0 spiro atoms. The minimum Gasteiger partial charge on any atom is -0.480 e. The van der Waals surface area contributed by atoms with Crippen molar-refractivity contribution < 1.29 is 14.7 Å². The number of amides is 1. The summed E-state index contributed by atoms with van der Waals surface area (Å²) in [6, 6.07) is 20.8. The van der Waals surface area contributed by atoms with Crippen LogP contribution in [0.2, 0.25) is 5.15 Å². The highest BCUT2D eigenvalue weighted by Gasteiger charge is 2.38. The van der Waals surface area contributed by atoms with Gasteiger partial charge in [-0.1, -0.05) is 78.3 Å². The van der Waals surface area contributed by atoms with E-state index in [2.05, 4.69) is 10.3 Å². The number of pyridine rings is 1.